The van der Waals surface area contributed by atoms with E-state index in [0.29, 0.717) is 4.75 Å². The summed E-state index contributed by atoms with van der Waals surface area (Å²) in [6, 6.07) is 2.44. The molecule has 1 aliphatic heterocycles. The number of rotatable bonds is 3. The van der Waals surface area contributed by atoms with Crippen LogP contribution in [-0.2, 0) is 6.42 Å². The van der Waals surface area contributed by atoms with Gasteiger partial charge in [0.2, 0.25) is 0 Å². The minimum atomic E-state index is 0.192. The highest BCUT2D eigenvalue weighted by molar-refractivity contribution is 8.00. The van der Waals surface area contributed by atoms with Crippen LogP contribution in [0.1, 0.15) is 38.3 Å². The first kappa shape index (κ1) is 15.6. The maximum atomic E-state index is 5.86. The second kappa shape index (κ2) is 6.35. The molecule has 0 radical (unpaired) electrons. The molecule has 0 bridgehead atoms. The predicted octanol–water partition coefficient (Wildman–Crippen LogP) is 3.00. The summed E-state index contributed by atoms with van der Waals surface area (Å²) in [5, 5.41) is 0. The van der Waals surface area contributed by atoms with Crippen LogP contribution in [0.25, 0.3) is 0 Å². The maximum absolute atomic E-state index is 5.86. The average molecular weight is 293 g/mol. The van der Waals surface area contributed by atoms with Crippen molar-refractivity contribution in [2.75, 3.05) is 23.7 Å². The summed E-state index contributed by atoms with van der Waals surface area (Å²) in [5.74, 6) is 2.33. The van der Waals surface area contributed by atoms with Crippen molar-refractivity contribution in [3.8, 4) is 0 Å². The van der Waals surface area contributed by atoms with Gasteiger partial charge in [-0.25, -0.2) is 4.98 Å². The summed E-state index contributed by atoms with van der Waals surface area (Å²) in [5.41, 5.74) is 8.38. The third-order valence-corrected chi connectivity index (χ3v) is 5.17. The first-order valence-corrected chi connectivity index (χ1v) is 8.46. The van der Waals surface area contributed by atoms with Crippen molar-refractivity contribution in [1.29, 1.82) is 0 Å². The highest BCUT2D eigenvalue weighted by Crippen LogP contribution is 2.32. The molecule has 1 unspecified atom stereocenters. The Labute approximate surface area is 127 Å². The summed E-state index contributed by atoms with van der Waals surface area (Å²) in [6.07, 6.45) is 4.10. The molecule has 4 heteroatoms. The summed E-state index contributed by atoms with van der Waals surface area (Å²) in [6.45, 7) is 11.1. The van der Waals surface area contributed by atoms with Crippen molar-refractivity contribution in [2.45, 2.75) is 51.3 Å². The van der Waals surface area contributed by atoms with Gasteiger partial charge >= 0.3 is 0 Å². The van der Waals surface area contributed by atoms with Gasteiger partial charge in [-0.3, -0.25) is 0 Å². The Hall–Kier alpha value is -0.740. The average Bonchev–Trinajstić information content (AvgIpc) is 2.50. The van der Waals surface area contributed by atoms with Crippen molar-refractivity contribution in [3.63, 3.8) is 0 Å². The Morgan fingerprint density at radius 1 is 1.45 bits per heavy atom. The van der Waals surface area contributed by atoms with Crippen LogP contribution in [-0.4, -0.2) is 34.6 Å². The molecule has 1 fully saturated rings. The number of pyridine rings is 1. The number of thioether (sulfide) groups is 1. The van der Waals surface area contributed by atoms with E-state index in [1.165, 1.54) is 23.3 Å². The molecule has 2 N–H and O–H groups in total. The standard InChI is InChI=1S/C16H27N3S/c1-12-9-14(10-13(2)17)11-18-15(12)19-6-5-16(3,4)20-8-7-19/h9,11,13H,5-8,10,17H2,1-4H3. The molecule has 0 saturated carbocycles. The smallest absolute Gasteiger partial charge is 0.131 e. The Morgan fingerprint density at radius 2 is 2.20 bits per heavy atom. The molecule has 2 heterocycles. The van der Waals surface area contributed by atoms with Gasteiger partial charge in [-0.05, 0) is 37.8 Å². The second-order valence-electron chi connectivity index (χ2n) is 6.51. The van der Waals surface area contributed by atoms with Crippen molar-refractivity contribution >= 4 is 17.6 Å². The second-order valence-corrected chi connectivity index (χ2v) is 8.31. The van der Waals surface area contributed by atoms with Gasteiger partial charge in [-0.15, -0.1) is 0 Å². The van der Waals surface area contributed by atoms with Crippen LogP contribution in [0.5, 0.6) is 0 Å². The Kier molecular flexibility index (Phi) is 4.97. The van der Waals surface area contributed by atoms with Crippen LogP contribution in [0.4, 0.5) is 5.82 Å². The molecule has 1 aliphatic rings. The Morgan fingerprint density at radius 3 is 2.85 bits per heavy atom. The van der Waals surface area contributed by atoms with Gasteiger partial charge in [-0.1, -0.05) is 19.9 Å². The zero-order chi connectivity index (χ0) is 14.8. The summed E-state index contributed by atoms with van der Waals surface area (Å²) < 4.78 is 0.386. The quantitative estimate of drug-likeness (QED) is 0.930. The van der Waals surface area contributed by atoms with Crippen LogP contribution in [0.3, 0.4) is 0 Å². The van der Waals surface area contributed by atoms with E-state index in [9.17, 15) is 0 Å². The van der Waals surface area contributed by atoms with Crippen LogP contribution < -0.4 is 10.6 Å². The molecule has 0 spiro atoms. The number of nitrogens with two attached hydrogens (primary N) is 1. The van der Waals surface area contributed by atoms with Gasteiger partial charge in [-0.2, -0.15) is 11.8 Å². The molecular weight excluding hydrogens is 266 g/mol. The monoisotopic (exact) mass is 293 g/mol. The van der Waals surface area contributed by atoms with E-state index in [0.717, 1.165) is 25.3 Å². The lowest BCUT2D eigenvalue weighted by molar-refractivity contribution is 0.634. The zero-order valence-electron chi connectivity index (χ0n) is 13.1. The predicted molar refractivity (Wildman–Crippen MR) is 89.7 cm³/mol. The number of aryl methyl sites for hydroxylation is 1. The molecule has 1 aromatic rings. The van der Waals surface area contributed by atoms with E-state index in [-0.39, 0.29) is 6.04 Å². The molecule has 0 amide bonds. The molecule has 1 saturated heterocycles. The molecule has 2 rings (SSSR count). The van der Waals surface area contributed by atoms with Crippen molar-refractivity contribution in [2.24, 2.45) is 5.73 Å². The fraction of sp³-hybridized carbons (Fsp3) is 0.688. The van der Waals surface area contributed by atoms with Crippen molar-refractivity contribution in [3.05, 3.63) is 23.4 Å². The topological polar surface area (TPSA) is 42.1 Å². The first-order chi connectivity index (χ1) is 9.37. The first-order valence-electron chi connectivity index (χ1n) is 7.47. The number of nitrogens with zero attached hydrogens (tertiary/aromatic N) is 2. The lowest BCUT2D eigenvalue weighted by Gasteiger charge is -2.25. The van der Waals surface area contributed by atoms with Crippen LogP contribution >= 0.6 is 11.8 Å². The zero-order valence-corrected chi connectivity index (χ0v) is 14.0. The molecule has 112 valence electrons. The summed E-state index contributed by atoms with van der Waals surface area (Å²) in [4.78, 5) is 7.14. The van der Waals surface area contributed by atoms with Gasteiger partial charge in [0.25, 0.3) is 0 Å². The lowest BCUT2D eigenvalue weighted by Crippen LogP contribution is -2.28. The van der Waals surface area contributed by atoms with Crippen LogP contribution in [0, 0.1) is 6.92 Å². The van der Waals surface area contributed by atoms with Crippen molar-refractivity contribution < 1.29 is 0 Å². The van der Waals surface area contributed by atoms with E-state index in [2.05, 4.69) is 43.5 Å². The molecule has 1 aromatic heterocycles. The normalized spacial score (nSPS) is 20.6. The van der Waals surface area contributed by atoms with E-state index in [1.807, 2.05) is 13.1 Å². The van der Waals surface area contributed by atoms with E-state index in [1.54, 1.807) is 0 Å². The number of aromatic nitrogens is 1. The number of anilines is 1. The fourth-order valence-corrected chi connectivity index (χ4v) is 3.77. The molecule has 20 heavy (non-hydrogen) atoms. The highest BCUT2D eigenvalue weighted by Gasteiger charge is 2.24. The summed E-state index contributed by atoms with van der Waals surface area (Å²) in [7, 11) is 0. The van der Waals surface area contributed by atoms with E-state index < -0.39 is 0 Å². The number of hydrogen-bond acceptors (Lipinski definition) is 4. The van der Waals surface area contributed by atoms with Crippen LogP contribution in [0.15, 0.2) is 12.3 Å². The maximum Gasteiger partial charge on any atom is 0.131 e. The SMILES string of the molecule is Cc1cc(CC(C)N)cnc1N1CCSC(C)(C)CC1. The van der Waals surface area contributed by atoms with Crippen molar-refractivity contribution in [1.82, 2.24) is 4.98 Å². The Balaban J connectivity index is 2.12. The molecule has 0 aliphatic carbocycles. The lowest BCUT2D eigenvalue weighted by atomic mass is 10.1. The summed E-state index contributed by atoms with van der Waals surface area (Å²) >= 11 is 2.07. The van der Waals surface area contributed by atoms with Gasteiger partial charge < -0.3 is 10.6 Å². The minimum Gasteiger partial charge on any atom is -0.356 e. The Bertz CT molecular complexity index is 457. The molecular formula is C16H27N3S. The largest absolute Gasteiger partial charge is 0.356 e. The third-order valence-electron chi connectivity index (χ3n) is 3.80. The molecule has 1 atom stereocenters. The third kappa shape index (κ3) is 4.13. The van der Waals surface area contributed by atoms with Gasteiger partial charge in [0.05, 0.1) is 0 Å². The van der Waals surface area contributed by atoms with Gasteiger partial charge in [0, 0.05) is 35.8 Å². The van der Waals surface area contributed by atoms with E-state index >= 15 is 0 Å². The fourth-order valence-electron chi connectivity index (χ4n) is 2.67. The molecule has 0 aromatic carbocycles. The number of hydrogen-bond donors (Lipinski definition) is 1. The van der Waals surface area contributed by atoms with Crippen LogP contribution in [0.2, 0.25) is 0 Å². The van der Waals surface area contributed by atoms with Gasteiger partial charge in [0.15, 0.2) is 0 Å². The highest BCUT2D eigenvalue weighted by atomic mass is 32.2. The minimum absolute atomic E-state index is 0.192. The van der Waals surface area contributed by atoms with E-state index in [4.69, 9.17) is 10.7 Å². The van der Waals surface area contributed by atoms with Gasteiger partial charge in [0.1, 0.15) is 5.82 Å². The molecule has 3 nitrogen and oxygen atoms in total.